The van der Waals surface area contributed by atoms with E-state index in [1.165, 1.54) is 4.90 Å². The summed E-state index contributed by atoms with van der Waals surface area (Å²) in [5.74, 6) is -4.18. The first kappa shape index (κ1) is 14.0. The Kier molecular flexibility index (Phi) is 4.99. The van der Waals surface area contributed by atoms with Crippen molar-refractivity contribution in [3.63, 3.8) is 0 Å². The molecule has 1 aromatic rings. The maximum Gasteiger partial charge on any atom is 0.259 e. The fourth-order valence-corrected chi connectivity index (χ4v) is 1.84. The van der Waals surface area contributed by atoms with Crippen molar-refractivity contribution in [3.05, 3.63) is 35.1 Å². The minimum absolute atomic E-state index is 0.320. The average Bonchev–Trinajstić information content (AvgIpc) is 2.24. The molecule has 1 aromatic carbocycles. The van der Waals surface area contributed by atoms with E-state index >= 15 is 0 Å². The SMILES string of the molecule is CCN(CCBr)C(=O)c1c(F)cc(F)cc1F. The average molecular weight is 310 g/mol. The van der Waals surface area contributed by atoms with Crippen molar-refractivity contribution in [2.45, 2.75) is 6.92 Å². The third-order valence-corrected chi connectivity index (χ3v) is 2.60. The van der Waals surface area contributed by atoms with Crippen molar-refractivity contribution in [1.82, 2.24) is 4.90 Å². The zero-order valence-corrected chi connectivity index (χ0v) is 10.7. The highest BCUT2D eigenvalue weighted by atomic mass is 79.9. The molecule has 2 nitrogen and oxygen atoms in total. The second kappa shape index (κ2) is 6.05. The van der Waals surface area contributed by atoms with Crippen LogP contribution < -0.4 is 0 Å². The number of benzene rings is 1. The number of amides is 1. The van der Waals surface area contributed by atoms with Gasteiger partial charge in [0, 0.05) is 30.6 Å². The van der Waals surface area contributed by atoms with Gasteiger partial charge in [-0.15, -0.1) is 0 Å². The van der Waals surface area contributed by atoms with Crippen molar-refractivity contribution >= 4 is 21.8 Å². The number of alkyl halides is 1. The number of rotatable bonds is 4. The van der Waals surface area contributed by atoms with Crippen LogP contribution in [0, 0.1) is 17.5 Å². The molecule has 17 heavy (non-hydrogen) atoms. The molecule has 0 N–H and O–H groups in total. The fraction of sp³-hybridized carbons (Fsp3) is 0.364. The van der Waals surface area contributed by atoms with E-state index < -0.39 is 28.9 Å². The monoisotopic (exact) mass is 309 g/mol. The summed E-state index contributed by atoms with van der Waals surface area (Å²) >= 11 is 3.14. The van der Waals surface area contributed by atoms with Crippen LogP contribution in [0.4, 0.5) is 13.2 Å². The summed E-state index contributed by atoms with van der Waals surface area (Å²) < 4.78 is 39.4. The van der Waals surface area contributed by atoms with Gasteiger partial charge in [0.2, 0.25) is 0 Å². The summed E-state index contributed by atoms with van der Waals surface area (Å²) in [5, 5.41) is 0.497. The molecule has 6 heteroatoms. The minimum Gasteiger partial charge on any atom is -0.338 e. The van der Waals surface area contributed by atoms with Gasteiger partial charge in [-0.1, -0.05) is 15.9 Å². The Bertz CT molecular complexity index is 402. The first-order chi connectivity index (χ1) is 8.01. The normalized spacial score (nSPS) is 10.4. The predicted molar refractivity (Wildman–Crippen MR) is 61.7 cm³/mol. The zero-order valence-electron chi connectivity index (χ0n) is 9.14. The quantitative estimate of drug-likeness (QED) is 0.783. The molecule has 0 aliphatic carbocycles. The van der Waals surface area contributed by atoms with Gasteiger partial charge < -0.3 is 4.90 Å². The van der Waals surface area contributed by atoms with Gasteiger partial charge in [0.1, 0.15) is 23.0 Å². The Morgan fingerprint density at radius 2 is 1.82 bits per heavy atom. The summed E-state index contributed by atoms with van der Waals surface area (Å²) in [5.41, 5.74) is -0.714. The smallest absolute Gasteiger partial charge is 0.259 e. The fourth-order valence-electron chi connectivity index (χ4n) is 1.41. The summed E-state index contributed by atoms with van der Waals surface area (Å²) in [6.45, 7) is 2.34. The predicted octanol–water partition coefficient (Wildman–Crippen LogP) is 2.96. The van der Waals surface area contributed by atoms with Crippen LogP contribution in [0.5, 0.6) is 0 Å². The van der Waals surface area contributed by atoms with Crippen LogP contribution in [-0.4, -0.2) is 29.2 Å². The van der Waals surface area contributed by atoms with E-state index in [4.69, 9.17) is 0 Å². The maximum atomic E-state index is 13.4. The van der Waals surface area contributed by atoms with E-state index in [-0.39, 0.29) is 0 Å². The van der Waals surface area contributed by atoms with Crippen molar-refractivity contribution in [1.29, 1.82) is 0 Å². The number of hydrogen-bond acceptors (Lipinski definition) is 1. The lowest BCUT2D eigenvalue weighted by molar-refractivity contribution is 0.0765. The first-order valence-electron chi connectivity index (χ1n) is 5.01. The molecular formula is C11H11BrF3NO. The van der Waals surface area contributed by atoms with E-state index in [1.54, 1.807) is 6.92 Å². The highest BCUT2D eigenvalue weighted by Gasteiger charge is 2.22. The molecule has 1 amide bonds. The molecule has 0 aliphatic heterocycles. The van der Waals surface area contributed by atoms with Crippen molar-refractivity contribution in [2.75, 3.05) is 18.4 Å². The van der Waals surface area contributed by atoms with Crippen LogP contribution >= 0.6 is 15.9 Å². The zero-order chi connectivity index (χ0) is 13.0. The van der Waals surface area contributed by atoms with E-state index in [0.717, 1.165) is 0 Å². The second-order valence-corrected chi connectivity index (χ2v) is 4.11. The standard InChI is InChI=1S/C11H11BrF3NO/c1-2-16(4-3-12)11(17)10-8(14)5-7(13)6-9(10)15/h5-6H,2-4H2,1H3. The number of carbonyl (C=O) groups excluding carboxylic acids is 1. The maximum absolute atomic E-state index is 13.4. The molecule has 0 bridgehead atoms. The van der Waals surface area contributed by atoms with E-state index in [1.807, 2.05) is 0 Å². The van der Waals surface area contributed by atoms with Crippen molar-refractivity contribution in [3.8, 4) is 0 Å². The lowest BCUT2D eigenvalue weighted by atomic mass is 10.1. The van der Waals surface area contributed by atoms with Crippen LogP contribution in [0.15, 0.2) is 12.1 Å². The summed E-state index contributed by atoms with van der Waals surface area (Å²) in [7, 11) is 0. The van der Waals surface area contributed by atoms with E-state index in [0.29, 0.717) is 30.6 Å². The van der Waals surface area contributed by atoms with Gasteiger partial charge in [-0.05, 0) is 6.92 Å². The topological polar surface area (TPSA) is 20.3 Å². The van der Waals surface area contributed by atoms with Gasteiger partial charge in [-0.25, -0.2) is 13.2 Å². The highest BCUT2D eigenvalue weighted by molar-refractivity contribution is 9.09. The van der Waals surface area contributed by atoms with Crippen LogP contribution in [0.3, 0.4) is 0 Å². The number of halogens is 4. The molecule has 0 unspecified atom stereocenters. The summed E-state index contributed by atoms with van der Waals surface area (Å²) in [6, 6.07) is 0.997. The molecule has 0 fully saturated rings. The minimum atomic E-state index is -1.18. The van der Waals surface area contributed by atoms with Gasteiger partial charge in [0.15, 0.2) is 0 Å². The Hall–Kier alpha value is -1.04. The molecule has 0 heterocycles. The van der Waals surface area contributed by atoms with Crippen LogP contribution in [-0.2, 0) is 0 Å². The van der Waals surface area contributed by atoms with Gasteiger partial charge >= 0.3 is 0 Å². The Labute approximate surface area is 106 Å². The van der Waals surface area contributed by atoms with Crippen LogP contribution in [0.1, 0.15) is 17.3 Å². The van der Waals surface area contributed by atoms with Gasteiger partial charge in [0.25, 0.3) is 5.91 Å². The Morgan fingerprint density at radius 3 is 2.24 bits per heavy atom. The van der Waals surface area contributed by atoms with E-state index in [2.05, 4.69) is 15.9 Å². The van der Waals surface area contributed by atoms with Crippen LogP contribution in [0.25, 0.3) is 0 Å². The van der Waals surface area contributed by atoms with Crippen molar-refractivity contribution < 1.29 is 18.0 Å². The molecule has 0 aliphatic rings. The molecule has 0 saturated heterocycles. The second-order valence-electron chi connectivity index (χ2n) is 3.32. The van der Waals surface area contributed by atoms with Gasteiger partial charge in [-0.2, -0.15) is 0 Å². The number of carbonyl (C=O) groups is 1. The summed E-state index contributed by atoms with van der Waals surface area (Å²) in [6.07, 6.45) is 0. The molecular weight excluding hydrogens is 299 g/mol. The number of hydrogen-bond donors (Lipinski definition) is 0. The highest BCUT2D eigenvalue weighted by Crippen LogP contribution is 2.17. The van der Waals surface area contributed by atoms with Gasteiger partial charge in [-0.3, -0.25) is 4.79 Å². The largest absolute Gasteiger partial charge is 0.338 e. The van der Waals surface area contributed by atoms with Crippen molar-refractivity contribution in [2.24, 2.45) is 0 Å². The molecule has 0 spiro atoms. The number of nitrogens with zero attached hydrogens (tertiary/aromatic N) is 1. The Balaban J connectivity index is 3.11. The van der Waals surface area contributed by atoms with Gasteiger partial charge in [0.05, 0.1) is 0 Å². The third-order valence-electron chi connectivity index (χ3n) is 2.24. The molecule has 0 saturated carbocycles. The molecule has 1 rings (SSSR count). The molecule has 0 aromatic heterocycles. The molecule has 0 atom stereocenters. The molecule has 0 radical (unpaired) electrons. The summed E-state index contributed by atoms with van der Waals surface area (Å²) in [4.78, 5) is 13.1. The lowest BCUT2D eigenvalue weighted by Crippen LogP contribution is -2.33. The first-order valence-corrected chi connectivity index (χ1v) is 6.13. The third kappa shape index (κ3) is 3.21. The van der Waals surface area contributed by atoms with Crippen LogP contribution in [0.2, 0.25) is 0 Å². The van der Waals surface area contributed by atoms with E-state index in [9.17, 15) is 18.0 Å². The Morgan fingerprint density at radius 1 is 1.29 bits per heavy atom. The lowest BCUT2D eigenvalue weighted by Gasteiger charge is -2.20. The molecule has 94 valence electrons.